The van der Waals surface area contributed by atoms with Crippen LogP contribution < -0.4 is 5.32 Å². The number of anilines is 1. The van der Waals surface area contributed by atoms with Crippen molar-refractivity contribution in [2.75, 3.05) is 11.1 Å². The minimum Gasteiger partial charge on any atom is -0.411 e. The molecule has 2 aromatic carbocycles. The van der Waals surface area contributed by atoms with Gasteiger partial charge in [-0.3, -0.25) is 4.79 Å². The molecule has 6 nitrogen and oxygen atoms in total. The number of halogens is 1. The first-order valence-electron chi connectivity index (χ1n) is 8.60. The number of benzene rings is 2. The number of nitrogens with zero attached hydrogens (tertiary/aromatic N) is 2. The third-order valence-corrected chi connectivity index (χ3v) is 5.45. The van der Waals surface area contributed by atoms with Gasteiger partial charge in [-0.15, -0.1) is 10.2 Å². The van der Waals surface area contributed by atoms with Crippen LogP contribution in [0.15, 0.2) is 52.1 Å². The molecule has 2 N–H and O–H groups in total. The van der Waals surface area contributed by atoms with Crippen LogP contribution in [0, 0.1) is 13.8 Å². The maximum absolute atomic E-state index is 12.1. The van der Waals surface area contributed by atoms with Gasteiger partial charge in [0.05, 0.1) is 5.75 Å². The zero-order valence-electron chi connectivity index (χ0n) is 15.2. The van der Waals surface area contributed by atoms with E-state index in [1.807, 2.05) is 25.1 Å². The van der Waals surface area contributed by atoms with Crippen molar-refractivity contribution < 1.29 is 9.21 Å². The molecule has 0 atom stereocenters. The number of H-pyrrole nitrogens is 1. The van der Waals surface area contributed by atoms with Gasteiger partial charge in [0, 0.05) is 32.9 Å². The first kappa shape index (κ1) is 18.6. The van der Waals surface area contributed by atoms with Crippen molar-refractivity contribution in [3.05, 3.63) is 58.7 Å². The summed E-state index contributed by atoms with van der Waals surface area (Å²) >= 11 is 7.10. The van der Waals surface area contributed by atoms with Crippen LogP contribution in [0.5, 0.6) is 0 Å². The first-order chi connectivity index (χ1) is 13.5. The summed E-state index contributed by atoms with van der Waals surface area (Å²) in [5.41, 5.74) is 4.90. The Balaban J connectivity index is 1.43. The van der Waals surface area contributed by atoms with Crippen molar-refractivity contribution >= 4 is 45.9 Å². The molecule has 0 aliphatic rings. The van der Waals surface area contributed by atoms with Crippen molar-refractivity contribution in [1.82, 2.24) is 15.2 Å². The van der Waals surface area contributed by atoms with Crippen LogP contribution in [0.4, 0.5) is 5.69 Å². The molecular weight excluding hydrogens is 396 g/mol. The number of carbonyl (C=O) groups excluding carboxylic acids is 1. The maximum Gasteiger partial charge on any atom is 0.277 e. The molecule has 0 fully saturated rings. The van der Waals surface area contributed by atoms with Crippen LogP contribution in [-0.4, -0.2) is 26.8 Å². The van der Waals surface area contributed by atoms with Crippen molar-refractivity contribution in [2.24, 2.45) is 0 Å². The number of aryl methyl sites for hydroxylation is 2. The Morgan fingerprint density at radius 3 is 2.89 bits per heavy atom. The molecule has 0 saturated heterocycles. The monoisotopic (exact) mass is 412 g/mol. The number of thioether (sulfide) groups is 1. The second-order valence-corrected chi connectivity index (χ2v) is 7.72. The van der Waals surface area contributed by atoms with Crippen molar-refractivity contribution in [2.45, 2.75) is 19.1 Å². The number of aromatic nitrogens is 3. The molecule has 0 aliphatic heterocycles. The summed E-state index contributed by atoms with van der Waals surface area (Å²) in [6.07, 6.45) is 0. The smallest absolute Gasteiger partial charge is 0.277 e. The highest BCUT2D eigenvalue weighted by Crippen LogP contribution is 2.28. The molecule has 0 bridgehead atoms. The number of hydrogen-bond acceptors (Lipinski definition) is 5. The van der Waals surface area contributed by atoms with Gasteiger partial charge in [0.2, 0.25) is 11.8 Å². The molecule has 2 heterocycles. The zero-order valence-corrected chi connectivity index (χ0v) is 16.8. The number of amides is 1. The van der Waals surface area contributed by atoms with Crippen LogP contribution >= 0.6 is 23.4 Å². The molecule has 0 radical (unpaired) electrons. The summed E-state index contributed by atoms with van der Waals surface area (Å²) in [6.45, 7) is 4.12. The number of nitrogens with one attached hydrogen (secondary N) is 2. The summed E-state index contributed by atoms with van der Waals surface area (Å²) < 4.78 is 5.71. The fourth-order valence-corrected chi connectivity index (χ4v) is 3.62. The summed E-state index contributed by atoms with van der Waals surface area (Å²) in [5, 5.41) is 13.0. The van der Waals surface area contributed by atoms with E-state index in [2.05, 4.69) is 27.4 Å². The van der Waals surface area contributed by atoms with Crippen LogP contribution in [-0.2, 0) is 4.79 Å². The molecule has 28 heavy (non-hydrogen) atoms. The SMILES string of the molecule is Cc1[nH]c2ccc(-c3nnc(SCC(=O)Nc4cccc(Cl)c4)o3)cc2c1C. The van der Waals surface area contributed by atoms with Gasteiger partial charge < -0.3 is 14.7 Å². The highest BCUT2D eigenvalue weighted by atomic mass is 35.5. The number of fused-ring (bicyclic) bond motifs is 1. The molecule has 0 spiro atoms. The Morgan fingerprint density at radius 1 is 1.21 bits per heavy atom. The largest absolute Gasteiger partial charge is 0.411 e. The fourth-order valence-electron chi connectivity index (χ4n) is 2.87. The van der Waals surface area contributed by atoms with Crippen molar-refractivity contribution in [3.8, 4) is 11.5 Å². The van der Waals surface area contributed by atoms with E-state index in [9.17, 15) is 4.79 Å². The Hall–Kier alpha value is -2.77. The average molecular weight is 413 g/mol. The second-order valence-electron chi connectivity index (χ2n) is 6.36. The Bertz CT molecular complexity index is 1170. The number of aromatic amines is 1. The first-order valence-corrected chi connectivity index (χ1v) is 9.97. The maximum atomic E-state index is 12.1. The summed E-state index contributed by atoms with van der Waals surface area (Å²) in [6, 6.07) is 13.0. The van der Waals surface area contributed by atoms with Crippen LogP contribution in [0.3, 0.4) is 0 Å². The Labute approximate surface area is 170 Å². The predicted molar refractivity (Wildman–Crippen MR) is 112 cm³/mol. The van der Waals surface area contributed by atoms with Crippen LogP contribution in [0.2, 0.25) is 5.02 Å². The van der Waals surface area contributed by atoms with Crippen molar-refractivity contribution in [3.63, 3.8) is 0 Å². The summed E-state index contributed by atoms with van der Waals surface area (Å²) in [4.78, 5) is 15.4. The molecule has 4 rings (SSSR count). The van der Waals surface area contributed by atoms with Gasteiger partial charge >= 0.3 is 0 Å². The molecular formula is C20H17ClN4O2S. The van der Waals surface area contributed by atoms with E-state index < -0.39 is 0 Å². The number of carbonyl (C=O) groups is 1. The molecule has 2 aromatic heterocycles. The van der Waals surface area contributed by atoms with Gasteiger partial charge in [0.25, 0.3) is 5.22 Å². The van der Waals surface area contributed by atoms with E-state index in [0.717, 1.165) is 22.2 Å². The lowest BCUT2D eigenvalue weighted by Crippen LogP contribution is -2.13. The standard InChI is InChI=1S/C20H17ClN4O2S/c1-11-12(2)22-17-7-6-13(8-16(11)17)19-24-25-20(27-19)28-10-18(26)23-15-5-3-4-14(21)9-15/h3-9,22H,10H2,1-2H3,(H,23,26). The van der Waals surface area contributed by atoms with Crippen LogP contribution in [0.1, 0.15) is 11.3 Å². The number of hydrogen-bond donors (Lipinski definition) is 2. The molecule has 4 aromatic rings. The third kappa shape index (κ3) is 3.90. The lowest BCUT2D eigenvalue weighted by atomic mass is 10.1. The van der Waals surface area contributed by atoms with E-state index in [4.69, 9.17) is 16.0 Å². The minimum absolute atomic E-state index is 0.156. The van der Waals surface area contributed by atoms with Gasteiger partial charge in [-0.1, -0.05) is 29.4 Å². The topological polar surface area (TPSA) is 83.8 Å². The normalized spacial score (nSPS) is 11.1. The quantitative estimate of drug-likeness (QED) is 0.439. The highest BCUT2D eigenvalue weighted by Gasteiger charge is 2.13. The van der Waals surface area contributed by atoms with E-state index in [1.165, 1.54) is 17.3 Å². The minimum atomic E-state index is -0.174. The second kappa shape index (κ2) is 7.69. The molecule has 0 unspecified atom stereocenters. The van der Waals surface area contributed by atoms with Gasteiger partial charge in [-0.2, -0.15) is 0 Å². The zero-order chi connectivity index (χ0) is 19.7. The lowest BCUT2D eigenvalue weighted by molar-refractivity contribution is -0.113. The van der Waals surface area contributed by atoms with Gasteiger partial charge in [-0.25, -0.2) is 0 Å². The summed E-state index contributed by atoms with van der Waals surface area (Å²) in [7, 11) is 0. The van der Waals surface area contributed by atoms with Crippen molar-refractivity contribution in [1.29, 1.82) is 0 Å². The third-order valence-electron chi connectivity index (χ3n) is 4.40. The molecule has 8 heteroatoms. The van der Waals surface area contributed by atoms with Crippen LogP contribution in [0.25, 0.3) is 22.4 Å². The summed E-state index contributed by atoms with van der Waals surface area (Å²) in [5.74, 6) is 0.410. The number of rotatable bonds is 5. The average Bonchev–Trinajstić information content (AvgIpc) is 3.25. The molecule has 0 saturated carbocycles. The Kier molecular flexibility index (Phi) is 5.11. The van der Waals surface area contributed by atoms with Gasteiger partial charge in [0.1, 0.15) is 0 Å². The van der Waals surface area contributed by atoms with E-state index in [0.29, 0.717) is 21.8 Å². The highest BCUT2D eigenvalue weighted by molar-refractivity contribution is 7.99. The lowest BCUT2D eigenvalue weighted by Gasteiger charge is -2.03. The van der Waals surface area contributed by atoms with E-state index in [-0.39, 0.29) is 11.7 Å². The van der Waals surface area contributed by atoms with Gasteiger partial charge in [0.15, 0.2) is 0 Å². The molecule has 0 aliphatic carbocycles. The molecule has 1 amide bonds. The molecule has 142 valence electrons. The van der Waals surface area contributed by atoms with E-state index >= 15 is 0 Å². The fraction of sp³-hybridized carbons (Fsp3) is 0.150. The Morgan fingerprint density at radius 2 is 2.07 bits per heavy atom. The van der Waals surface area contributed by atoms with Gasteiger partial charge in [-0.05, 0) is 55.8 Å². The van der Waals surface area contributed by atoms with E-state index in [1.54, 1.807) is 24.3 Å². The predicted octanol–water partition coefficient (Wildman–Crippen LogP) is 5.22.